The zero-order chi connectivity index (χ0) is 17.0. The van der Waals surface area contributed by atoms with Crippen LogP contribution in [0.4, 0.5) is 10.1 Å². The largest absolute Gasteiger partial charge is 0.449 e. The van der Waals surface area contributed by atoms with Crippen molar-refractivity contribution in [3.05, 3.63) is 65.0 Å². The summed E-state index contributed by atoms with van der Waals surface area (Å²) in [6.45, 7) is 5.34. The molecule has 0 aliphatic heterocycles. The summed E-state index contributed by atoms with van der Waals surface area (Å²) >= 11 is 0. The Morgan fingerprint density at radius 2 is 1.74 bits per heavy atom. The summed E-state index contributed by atoms with van der Waals surface area (Å²) < 4.78 is 17.9. The first-order valence-corrected chi connectivity index (χ1v) is 7.22. The van der Waals surface area contributed by atoms with Crippen molar-refractivity contribution in [3.63, 3.8) is 0 Å². The number of carbonyl (C=O) groups excluding carboxylic acids is 2. The summed E-state index contributed by atoms with van der Waals surface area (Å²) in [5.74, 6) is -1.54. The summed E-state index contributed by atoms with van der Waals surface area (Å²) in [6, 6.07) is 10.5. The molecule has 1 atom stereocenters. The van der Waals surface area contributed by atoms with Crippen molar-refractivity contribution in [3.8, 4) is 0 Å². The van der Waals surface area contributed by atoms with Crippen LogP contribution >= 0.6 is 0 Å². The van der Waals surface area contributed by atoms with Crippen LogP contribution in [-0.4, -0.2) is 18.0 Å². The number of benzene rings is 2. The van der Waals surface area contributed by atoms with Crippen molar-refractivity contribution >= 4 is 17.6 Å². The number of halogens is 1. The van der Waals surface area contributed by atoms with E-state index >= 15 is 0 Å². The van der Waals surface area contributed by atoms with Crippen molar-refractivity contribution in [1.29, 1.82) is 0 Å². The summed E-state index contributed by atoms with van der Waals surface area (Å²) in [5, 5.41) is 2.74. The molecule has 0 fully saturated rings. The Balaban J connectivity index is 2.01. The minimum absolute atomic E-state index is 0.192. The number of rotatable bonds is 4. The van der Waals surface area contributed by atoms with Crippen LogP contribution in [0.5, 0.6) is 0 Å². The van der Waals surface area contributed by atoms with Crippen LogP contribution in [0.3, 0.4) is 0 Å². The van der Waals surface area contributed by atoms with E-state index in [2.05, 4.69) is 5.32 Å². The average molecular weight is 315 g/mol. The third-order valence-corrected chi connectivity index (χ3v) is 3.60. The van der Waals surface area contributed by atoms with Gasteiger partial charge in [0.05, 0.1) is 5.56 Å². The van der Waals surface area contributed by atoms with E-state index in [4.69, 9.17) is 4.74 Å². The average Bonchev–Trinajstić information content (AvgIpc) is 2.52. The zero-order valence-corrected chi connectivity index (χ0v) is 13.2. The molecule has 0 saturated heterocycles. The number of anilines is 1. The third-order valence-electron chi connectivity index (χ3n) is 3.60. The quantitative estimate of drug-likeness (QED) is 0.877. The van der Waals surface area contributed by atoms with Crippen molar-refractivity contribution in [2.75, 3.05) is 5.32 Å². The fourth-order valence-electron chi connectivity index (χ4n) is 1.99. The van der Waals surface area contributed by atoms with E-state index in [1.807, 2.05) is 26.0 Å². The van der Waals surface area contributed by atoms with Gasteiger partial charge in [-0.25, -0.2) is 9.18 Å². The Morgan fingerprint density at radius 1 is 1.09 bits per heavy atom. The minimum atomic E-state index is -0.965. The number of carbonyl (C=O) groups is 2. The summed E-state index contributed by atoms with van der Waals surface area (Å²) in [4.78, 5) is 24.1. The predicted molar refractivity (Wildman–Crippen MR) is 85.8 cm³/mol. The van der Waals surface area contributed by atoms with Crippen LogP contribution in [0.25, 0.3) is 0 Å². The lowest BCUT2D eigenvalue weighted by atomic mass is 10.1. The Kier molecular flexibility index (Phi) is 5.11. The highest BCUT2D eigenvalue weighted by Gasteiger charge is 2.19. The molecule has 0 saturated carbocycles. The van der Waals surface area contributed by atoms with Crippen LogP contribution in [0.2, 0.25) is 0 Å². The van der Waals surface area contributed by atoms with E-state index in [1.165, 1.54) is 19.1 Å². The second kappa shape index (κ2) is 7.05. The number of esters is 1. The molecule has 2 rings (SSSR count). The number of ether oxygens (including phenoxy) is 1. The minimum Gasteiger partial charge on any atom is -0.449 e. The molecule has 0 heterocycles. The monoisotopic (exact) mass is 315 g/mol. The van der Waals surface area contributed by atoms with Gasteiger partial charge in [-0.3, -0.25) is 4.79 Å². The number of hydrogen-bond acceptors (Lipinski definition) is 3. The SMILES string of the molecule is Cc1cccc(NC(=O)C(C)OC(=O)c2ccc(F)cc2)c1C. The maximum absolute atomic E-state index is 12.8. The van der Waals surface area contributed by atoms with E-state index in [9.17, 15) is 14.0 Å². The second-order valence-corrected chi connectivity index (χ2v) is 5.29. The normalized spacial score (nSPS) is 11.7. The number of nitrogens with one attached hydrogen (secondary N) is 1. The highest BCUT2D eigenvalue weighted by molar-refractivity contribution is 5.97. The molecule has 0 bridgehead atoms. The first-order valence-electron chi connectivity index (χ1n) is 7.22. The maximum Gasteiger partial charge on any atom is 0.338 e. The molecule has 1 unspecified atom stereocenters. The fourth-order valence-corrected chi connectivity index (χ4v) is 1.99. The van der Waals surface area contributed by atoms with Gasteiger partial charge in [-0.2, -0.15) is 0 Å². The van der Waals surface area contributed by atoms with E-state index in [1.54, 1.807) is 6.07 Å². The molecule has 1 amide bonds. The topological polar surface area (TPSA) is 55.4 Å². The Bertz CT molecular complexity index is 726. The van der Waals surface area contributed by atoms with Gasteiger partial charge in [0.15, 0.2) is 6.10 Å². The summed E-state index contributed by atoms with van der Waals surface area (Å²) in [7, 11) is 0. The molecule has 23 heavy (non-hydrogen) atoms. The van der Waals surface area contributed by atoms with Gasteiger partial charge in [-0.15, -0.1) is 0 Å². The van der Waals surface area contributed by atoms with E-state index in [0.717, 1.165) is 23.3 Å². The standard InChI is InChI=1S/C18H18FNO3/c1-11-5-4-6-16(12(11)2)20-17(21)13(3)23-18(22)14-7-9-15(19)10-8-14/h4-10,13H,1-3H3,(H,20,21). The molecule has 5 heteroatoms. The van der Waals surface area contributed by atoms with Crippen LogP contribution in [-0.2, 0) is 9.53 Å². The van der Waals surface area contributed by atoms with Gasteiger partial charge in [-0.1, -0.05) is 12.1 Å². The van der Waals surface area contributed by atoms with Crippen LogP contribution in [0, 0.1) is 19.7 Å². The fraction of sp³-hybridized carbons (Fsp3) is 0.222. The van der Waals surface area contributed by atoms with Crippen LogP contribution < -0.4 is 5.32 Å². The lowest BCUT2D eigenvalue weighted by Gasteiger charge is -2.15. The molecule has 120 valence electrons. The number of aryl methyl sites for hydroxylation is 1. The molecular formula is C18H18FNO3. The Labute approximate surface area is 134 Å². The van der Waals surface area contributed by atoms with Gasteiger partial charge in [0.2, 0.25) is 0 Å². The molecular weight excluding hydrogens is 297 g/mol. The van der Waals surface area contributed by atoms with Crippen molar-refractivity contribution in [2.24, 2.45) is 0 Å². The smallest absolute Gasteiger partial charge is 0.338 e. The molecule has 0 spiro atoms. The van der Waals surface area contributed by atoms with Gasteiger partial charge >= 0.3 is 5.97 Å². The van der Waals surface area contributed by atoms with Gasteiger partial charge < -0.3 is 10.1 Å². The van der Waals surface area contributed by atoms with Crippen molar-refractivity contribution in [1.82, 2.24) is 0 Å². The lowest BCUT2D eigenvalue weighted by molar-refractivity contribution is -0.123. The van der Waals surface area contributed by atoms with Crippen LogP contribution in [0.15, 0.2) is 42.5 Å². The Morgan fingerprint density at radius 3 is 2.39 bits per heavy atom. The Hall–Kier alpha value is -2.69. The van der Waals surface area contributed by atoms with E-state index in [-0.39, 0.29) is 5.56 Å². The van der Waals surface area contributed by atoms with Gasteiger partial charge in [0, 0.05) is 5.69 Å². The van der Waals surface area contributed by atoms with Gasteiger partial charge in [0.1, 0.15) is 5.82 Å². The number of hydrogen-bond donors (Lipinski definition) is 1. The van der Waals surface area contributed by atoms with Crippen molar-refractivity contribution in [2.45, 2.75) is 26.9 Å². The molecule has 2 aromatic rings. The van der Waals surface area contributed by atoms with Gasteiger partial charge in [-0.05, 0) is 62.2 Å². The second-order valence-electron chi connectivity index (χ2n) is 5.29. The first-order chi connectivity index (χ1) is 10.9. The summed E-state index contributed by atoms with van der Waals surface area (Å²) in [6.07, 6.45) is -0.965. The highest BCUT2D eigenvalue weighted by Crippen LogP contribution is 2.18. The molecule has 1 N–H and O–H groups in total. The lowest BCUT2D eigenvalue weighted by Crippen LogP contribution is -2.30. The molecule has 2 aromatic carbocycles. The van der Waals surface area contributed by atoms with E-state index < -0.39 is 23.8 Å². The van der Waals surface area contributed by atoms with Crippen molar-refractivity contribution < 1.29 is 18.7 Å². The molecule has 0 radical (unpaired) electrons. The first kappa shape index (κ1) is 16.7. The van der Waals surface area contributed by atoms with E-state index in [0.29, 0.717) is 5.69 Å². The molecule has 0 aliphatic carbocycles. The molecule has 0 aliphatic rings. The number of amides is 1. The highest BCUT2D eigenvalue weighted by atomic mass is 19.1. The zero-order valence-electron chi connectivity index (χ0n) is 13.2. The maximum atomic E-state index is 12.8. The summed E-state index contributed by atoms with van der Waals surface area (Å²) in [5.41, 5.74) is 2.88. The molecule has 0 aromatic heterocycles. The molecule has 4 nitrogen and oxygen atoms in total. The third kappa shape index (κ3) is 4.16. The van der Waals surface area contributed by atoms with Crippen LogP contribution in [0.1, 0.15) is 28.4 Å². The predicted octanol–water partition coefficient (Wildman–Crippen LogP) is 3.63. The van der Waals surface area contributed by atoms with Gasteiger partial charge in [0.25, 0.3) is 5.91 Å².